The molecule has 0 saturated heterocycles. The van der Waals surface area contributed by atoms with Gasteiger partial charge in [0.2, 0.25) is 12.2 Å². The molecule has 0 atom stereocenters. The third-order valence-electron chi connectivity index (χ3n) is 1.99. The quantitative estimate of drug-likeness (QED) is 0.490. The Kier molecular flexibility index (Phi) is 13.6. The van der Waals surface area contributed by atoms with Crippen LogP contribution in [0.2, 0.25) is 0 Å². The number of hydrogen-bond donors (Lipinski definition) is 2. The van der Waals surface area contributed by atoms with Crippen LogP contribution in [0.4, 0.5) is 16.2 Å². The minimum atomic E-state index is -0.981. The predicted octanol–water partition coefficient (Wildman–Crippen LogP) is 2.29. The van der Waals surface area contributed by atoms with E-state index in [1.807, 2.05) is 0 Å². The smallest absolute Gasteiger partial charge is 0.404 e. The van der Waals surface area contributed by atoms with E-state index in [0.717, 1.165) is 11.6 Å². The summed E-state index contributed by atoms with van der Waals surface area (Å²) in [5.74, 6) is -0.981. The van der Waals surface area contributed by atoms with Crippen molar-refractivity contribution in [2.75, 3.05) is 6.61 Å². The molecule has 0 unspecified atom stereocenters. The number of aryl methyl sites for hydroxylation is 1. The summed E-state index contributed by atoms with van der Waals surface area (Å²) in [4.78, 5) is 45.6. The lowest BCUT2D eigenvalue weighted by molar-refractivity contribution is -0.131. The highest BCUT2D eigenvalue weighted by atomic mass is 16.5. The summed E-state index contributed by atoms with van der Waals surface area (Å²) in [5, 5.41) is 7.60. The van der Waals surface area contributed by atoms with Crippen molar-refractivity contribution in [1.82, 2.24) is 0 Å². The van der Waals surface area contributed by atoms with Crippen LogP contribution in [0.5, 0.6) is 0 Å². The number of nitrogens with zero attached hydrogens (tertiary/aromatic N) is 2. The number of aliphatic imine (C=N–C) groups is 2. The first-order chi connectivity index (χ1) is 11.3. The number of benzene rings is 1. The lowest BCUT2D eigenvalue weighted by Gasteiger charge is -1.97. The van der Waals surface area contributed by atoms with Crippen molar-refractivity contribution < 1.29 is 29.0 Å². The largest absolute Gasteiger partial charge is 0.478 e. The highest BCUT2D eigenvalue weighted by molar-refractivity contribution is 5.78. The molecule has 0 bridgehead atoms. The number of isocyanates is 2. The summed E-state index contributed by atoms with van der Waals surface area (Å²) in [6, 6.07) is 4.88. The van der Waals surface area contributed by atoms with Crippen LogP contribution in [0.25, 0.3) is 0 Å². The number of hydrogen-bond acceptors (Lipinski definition) is 7. The number of aliphatic carboxylic acids is 1. The maximum absolute atomic E-state index is 10.00. The van der Waals surface area contributed by atoms with E-state index in [1.54, 1.807) is 26.0 Å². The highest BCUT2D eigenvalue weighted by Gasteiger charge is 1.97. The first-order valence-corrected chi connectivity index (χ1v) is 6.36. The average Bonchev–Trinajstić information content (AvgIpc) is 2.52. The Morgan fingerprint density at radius 3 is 2.21 bits per heavy atom. The van der Waals surface area contributed by atoms with E-state index >= 15 is 0 Å². The van der Waals surface area contributed by atoms with Gasteiger partial charge in [0, 0.05) is 6.08 Å². The Morgan fingerprint density at radius 2 is 1.88 bits per heavy atom. The average molecular weight is 335 g/mol. The lowest BCUT2D eigenvalue weighted by atomic mass is 10.2. The van der Waals surface area contributed by atoms with Crippen LogP contribution < -0.4 is 5.73 Å². The summed E-state index contributed by atoms with van der Waals surface area (Å²) in [5.41, 5.74) is 6.26. The zero-order valence-corrected chi connectivity index (χ0v) is 13.2. The summed E-state index contributed by atoms with van der Waals surface area (Å²) in [6.07, 6.45) is 2.96. The van der Waals surface area contributed by atoms with E-state index in [1.165, 1.54) is 18.2 Å². The maximum atomic E-state index is 10.00. The number of carboxylic acid groups (broad SMARTS) is 1. The fraction of sp³-hybridized carbons (Fsp3) is 0.200. The van der Waals surface area contributed by atoms with Gasteiger partial charge in [-0.1, -0.05) is 12.6 Å². The Morgan fingerprint density at radius 1 is 1.33 bits per heavy atom. The fourth-order valence-corrected chi connectivity index (χ4v) is 1.03. The Balaban J connectivity index is 0. The van der Waals surface area contributed by atoms with Crippen LogP contribution in [-0.2, 0) is 19.1 Å². The van der Waals surface area contributed by atoms with Gasteiger partial charge in [0.25, 0.3) is 0 Å². The van der Waals surface area contributed by atoms with Crippen molar-refractivity contribution in [2.45, 2.75) is 13.8 Å². The number of carboxylic acids is 1. The van der Waals surface area contributed by atoms with Crippen molar-refractivity contribution in [2.24, 2.45) is 15.7 Å². The number of carbonyl (C=O) groups is 2. The van der Waals surface area contributed by atoms with Crippen LogP contribution >= 0.6 is 0 Å². The van der Waals surface area contributed by atoms with Gasteiger partial charge in [0.05, 0.1) is 18.0 Å². The van der Waals surface area contributed by atoms with Crippen LogP contribution in [0, 0.1) is 6.92 Å². The SMILES string of the molecule is C=CC(=O)O.CCOC(N)=O.Cc1ccc(N=C=O)cc1N=C=O. The zero-order chi connectivity index (χ0) is 19.0. The normalized spacial score (nSPS) is 7.75. The molecular formula is C15H17N3O6. The molecule has 0 radical (unpaired) electrons. The summed E-state index contributed by atoms with van der Waals surface area (Å²) < 4.78 is 4.18. The molecule has 3 N–H and O–H groups in total. The van der Waals surface area contributed by atoms with Crippen LogP contribution in [0.1, 0.15) is 12.5 Å². The monoisotopic (exact) mass is 335 g/mol. The first kappa shape index (κ1) is 22.7. The summed E-state index contributed by atoms with van der Waals surface area (Å²) in [7, 11) is 0. The van der Waals surface area contributed by atoms with Gasteiger partial charge < -0.3 is 15.6 Å². The maximum Gasteiger partial charge on any atom is 0.404 e. The van der Waals surface area contributed by atoms with Crippen LogP contribution in [-0.4, -0.2) is 35.9 Å². The minimum absolute atomic E-state index is 0.356. The second-order valence-corrected chi connectivity index (χ2v) is 3.67. The number of carbonyl (C=O) groups excluding carboxylic acids is 3. The number of amides is 1. The van der Waals surface area contributed by atoms with E-state index in [4.69, 9.17) is 5.11 Å². The van der Waals surface area contributed by atoms with Gasteiger partial charge in [-0.15, -0.1) is 0 Å². The molecule has 0 fully saturated rings. The van der Waals surface area contributed by atoms with Gasteiger partial charge in [-0.3, -0.25) is 0 Å². The van der Waals surface area contributed by atoms with Gasteiger partial charge in [0.15, 0.2) is 0 Å². The van der Waals surface area contributed by atoms with Crippen molar-refractivity contribution in [1.29, 1.82) is 0 Å². The molecule has 0 aliphatic rings. The molecule has 0 aromatic heterocycles. The van der Waals surface area contributed by atoms with Gasteiger partial charge in [0.1, 0.15) is 0 Å². The van der Waals surface area contributed by atoms with E-state index in [9.17, 15) is 19.2 Å². The molecular weight excluding hydrogens is 318 g/mol. The number of nitrogens with two attached hydrogens (primary N) is 1. The molecule has 1 aromatic rings. The van der Waals surface area contributed by atoms with Crippen LogP contribution in [0.3, 0.4) is 0 Å². The molecule has 0 spiro atoms. The van der Waals surface area contributed by atoms with Gasteiger partial charge >= 0.3 is 12.1 Å². The van der Waals surface area contributed by atoms with E-state index in [2.05, 4.69) is 27.0 Å². The third kappa shape index (κ3) is 13.4. The molecule has 0 saturated carbocycles. The van der Waals surface area contributed by atoms with E-state index in [0.29, 0.717) is 18.0 Å². The molecule has 9 heteroatoms. The zero-order valence-electron chi connectivity index (χ0n) is 13.2. The lowest BCUT2D eigenvalue weighted by Crippen LogP contribution is -2.11. The highest BCUT2D eigenvalue weighted by Crippen LogP contribution is 2.23. The molecule has 128 valence electrons. The standard InChI is InChI=1S/C9H6N2O2.C3H7NO2.C3H4O2/c1-7-2-3-8(10-5-12)4-9(7)11-6-13;1-2-6-3(4)5;1-2-3(4)5/h2-4H,1H3;2H2,1H3,(H2,4,5);2H,1H2,(H,4,5). The predicted molar refractivity (Wildman–Crippen MR) is 85.8 cm³/mol. The minimum Gasteiger partial charge on any atom is -0.478 e. The van der Waals surface area contributed by atoms with Gasteiger partial charge in [-0.2, -0.15) is 9.98 Å². The Hall–Kier alpha value is -3.54. The third-order valence-corrected chi connectivity index (χ3v) is 1.99. The molecule has 1 rings (SSSR count). The summed E-state index contributed by atoms with van der Waals surface area (Å²) in [6.45, 7) is 6.81. The molecule has 1 aromatic carbocycles. The van der Waals surface area contributed by atoms with Gasteiger partial charge in [-0.25, -0.2) is 19.2 Å². The first-order valence-electron chi connectivity index (χ1n) is 6.36. The second-order valence-electron chi connectivity index (χ2n) is 3.67. The molecule has 0 heterocycles. The summed E-state index contributed by atoms with van der Waals surface area (Å²) >= 11 is 0. The van der Waals surface area contributed by atoms with Crippen molar-refractivity contribution in [3.8, 4) is 0 Å². The Labute approximate surface area is 138 Å². The van der Waals surface area contributed by atoms with Crippen LogP contribution in [0.15, 0.2) is 40.8 Å². The molecule has 0 aliphatic carbocycles. The topological polar surface area (TPSA) is 148 Å². The molecule has 24 heavy (non-hydrogen) atoms. The van der Waals surface area contributed by atoms with Crippen molar-refractivity contribution in [3.63, 3.8) is 0 Å². The molecule has 0 aliphatic heterocycles. The van der Waals surface area contributed by atoms with E-state index < -0.39 is 12.1 Å². The number of rotatable bonds is 4. The number of primary amides is 1. The molecule has 9 nitrogen and oxygen atoms in total. The molecule has 1 amide bonds. The second kappa shape index (κ2) is 14.4. The van der Waals surface area contributed by atoms with Crippen molar-refractivity contribution >= 4 is 35.6 Å². The van der Waals surface area contributed by atoms with Crippen molar-refractivity contribution in [3.05, 3.63) is 36.4 Å². The van der Waals surface area contributed by atoms with Gasteiger partial charge in [-0.05, 0) is 31.5 Å². The van der Waals surface area contributed by atoms with E-state index in [-0.39, 0.29) is 0 Å². The fourth-order valence-electron chi connectivity index (χ4n) is 1.03. The number of ether oxygens (including phenoxy) is 1. The Bertz CT molecular complexity index is 659.